The van der Waals surface area contributed by atoms with Crippen LogP contribution in [0.2, 0.25) is 0 Å². The molecule has 1 aliphatic rings. The van der Waals surface area contributed by atoms with E-state index < -0.39 is 11.9 Å². The van der Waals surface area contributed by atoms with Crippen molar-refractivity contribution in [1.82, 2.24) is 15.1 Å². The number of nitrogens with one attached hydrogen (secondary N) is 1. The van der Waals surface area contributed by atoms with Crippen LogP contribution in [0.4, 0.5) is 0 Å². The lowest BCUT2D eigenvalue weighted by molar-refractivity contribution is -0.146. The molecule has 8 nitrogen and oxygen atoms in total. The van der Waals surface area contributed by atoms with Gasteiger partial charge in [-0.05, 0) is 24.3 Å². The van der Waals surface area contributed by atoms with Crippen molar-refractivity contribution in [1.29, 1.82) is 0 Å². The van der Waals surface area contributed by atoms with E-state index in [4.69, 9.17) is 5.11 Å². The molecule has 0 spiro atoms. The van der Waals surface area contributed by atoms with Gasteiger partial charge in [-0.25, -0.2) is 0 Å². The highest BCUT2D eigenvalue weighted by atomic mass is 32.1. The quantitative estimate of drug-likeness (QED) is 0.750. The molecule has 2 rings (SSSR count). The summed E-state index contributed by atoms with van der Waals surface area (Å²) in [5, 5.41) is 13.3. The van der Waals surface area contributed by atoms with Crippen molar-refractivity contribution in [2.45, 2.75) is 12.8 Å². The van der Waals surface area contributed by atoms with Gasteiger partial charge in [0.1, 0.15) is 0 Å². The van der Waals surface area contributed by atoms with Crippen LogP contribution in [0.25, 0.3) is 0 Å². The van der Waals surface area contributed by atoms with Crippen molar-refractivity contribution in [2.24, 2.45) is 5.92 Å². The third kappa shape index (κ3) is 5.28. The molecule has 1 aliphatic heterocycles. The Kier molecular flexibility index (Phi) is 6.51. The average molecular weight is 367 g/mol. The molecule has 25 heavy (non-hydrogen) atoms. The molecule has 1 aromatic heterocycles. The molecule has 0 saturated carbocycles. The van der Waals surface area contributed by atoms with Crippen molar-refractivity contribution in [3.8, 4) is 0 Å². The number of hydrogen-bond acceptors (Lipinski definition) is 5. The summed E-state index contributed by atoms with van der Waals surface area (Å²) in [6.45, 7) is 0.493. The molecule has 1 saturated heterocycles. The minimum Gasteiger partial charge on any atom is -0.481 e. The average Bonchev–Trinajstić information content (AvgIpc) is 3.14. The van der Waals surface area contributed by atoms with E-state index in [-0.39, 0.29) is 30.8 Å². The van der Waals surface area contributed by atoms with Crippen LogP contribution in [0.5, 0.6) is 0 Å². The third-order valence-corrected chi connectivity index (χ3v) is 5.01. The summed E-state index contributed by atoms with van der Waals surface area (Å²) in [5.74, 6) is -2.14. The van der Waals surface area contributed by atoms with E-state index in [0.29, 0.717) is 30.8 Å². The van der Waals surface area contributed by atoms with Crippen LogP contribution in [0.15, 0.2) is 17.5 Å². The molecule has 0 aliphatic carbocycles. The lowest BCUT2D eigenvalue weighted by Crippen LogP contribution is -2.47. The molecule has 2 N–H and O–H groups in total. The predicted molar refractivity (Wildman–Crippen MR) is 91.2 cm³/mol. The summed E-state index contributed by atoms with van der Waals surface area (Å²) in [7, 11) is 1.50. The standard InChI is InChI=1S/C16H21N3O5S/c1-18(13(20)9-17-15(22)12-3-2-8-25-12)10-14(21)19-6-4-11(5-7-19)16(23)24/h2-3,8,11H,4-7,9-10H2,1H3,(H,17,22)(H,23,24). The van der Waals surface area contributed by atoms with Gasteiger partial charge in [0.25, 0.3) is 5.91 Å². The number of likely N-dealkylation sites (tertiary alicyclic amines) is 1. The maximum absolute atomic E-state index is 12.2. The third-order valence-electron chi connectivity index (χ3n) is 4.14. The Hall–Kier alpha value is -2.42. The highest BCUT2D eigenvalue weighted by Gasteiger charge is 2.27. The summed E-state index contributed by atoms with van der Waals surface area (Å²) < 4.78 is 0. The van der Waals surface area contributed by atoms with Crippen molar-refractivity contribution in [2.75, 3.05) is 33.2 Å². The fourth-order valence-electron chi connectivity index (χ4n) is 2.55. The van der Waals surface area contributed by atoms with Gasteiger partial charge in [-0.2, -0.15) is 0 Å². The number of carbonyl (C=O) groups is 4. The molecule has 136 valence electrons. The van der Waals surface area contributed by atoms with Crippen molar-refractivity contribution in [3.05, 3.63) is 22.4 Å². The molecular weight excluding hydrogens is 346 g/mol. The van der Waals surface area contributed by atoms with Crippen LogP contribution in [0.3, 0.4) is 0 Å². The number of amides is 3. The number of carbonyl (C=O) groups excluding carboxylic acids is 3. The smallest absolute Gasteiger partial charge is 0.306 e. The van der Waals surface area contributed by atoms with Crippen LogP contribution < -0.4 is 5.32 Å². The second kappa shape index (κ2) is 8.61. The number of hydrogen-bond donors (Lipinski definition) is 2. The monoisotopic (exact) mass is 367 g/mol. The van der Waals surface area contributed by atoms with E-state index in [2.05, 4.69) is 5.32 Å². The second-order valence-electron chi connectivity index (χ2n) is 5.90. The van der Waals surface area contributed by atoms with Crippen molar-refractivity contribution in [3.63, 3.8) is 0 Å². The Morgan fingerprint density at radius 3 is 2.56 bits per heavy atom. The zero-order chi connectivity index (χ0) is 18.4. The first-order valence-corrected chi connectivity index (χ1v) is 8.82. The van der Waals surface area contributed by atoms with E-state index in [1.807, 2.05) is 0 Å². The van der Waals surface area contributed by atoms with Crippen LogP contribution in [0.1, 0.15) is 22.5 Å². The van der Waals surface area contributed by atoms with Gasteiger partial charge in [0, 0.05) is 20.1 Å². The van der Waals surface area contributed by atoms with Gasteiger partial charge in [-0.15, -0.1) is 11.3 Å². The molecule has 9 heteroatoms. The van der Waals surface area contributed by atoms with E-state index in [1.54, 1.807) is 22.4 Å². The first-order chi connectivity index (χ1) is 11.9. The number of rotatable bonds is 6. The van der Waals surface area contributed by atoms with Gasteiger partial charge in [0.05, 0.1) is 23.9 Å². The molecule has 1 fully saturated rings. The first kappa shape index (κ1) is 18.9. The minimum atomic E-state index is -0.833. The molecule has 2 heterocycles. The van der Waals surface area contributed by atoms with Gasteiger partial charge in [-0.1, -0.05) is 6.07 Å². The normalized spacial score (nSPS) is 14.8. The SMILES string of the molecule is CN(CC(=O)N1CCC(C(=O)O)CC1)C(=O)CNC(=O)c1cccs1. The van der Waals surface area contributed by atoms with Gasteiger partial charge < -0.3 is 20.2 Å². The number of nitrogens with zero attached hydrogens (tertiary/aromatic N) is 2. The molecule has 3 amide bonds. The molecule has 0 radical (unpaired) electrons. The number of aliphatic carboxylic acids is 1. The summed E-state index contributed by atoms with van der Waals surface area (Å²) in [6.07, 6.45) is 0.852. The summed E-state index contributed by atoms with van der Waals surface area (Å²) >= 11 is 1.28. The van der Waals surface area contributed by atoms with E-state index >= 15 is 0 Å². The van der Waals surface area contributed by atoms with E-state index in [1.165, 1.54) is 23.3 Å². The Labute approximate surface area is 149 Å². The Balaban J connectivity index is 1.74. The molecule has 0 aromatic carbocycles. The van der Waals surface area contributed by atoms with Crippen LogP contribution in [-0.4, -0.2) is 71.8 Å². The van der Waals surface area contributed by atoms with Crippen LogP contribution in [-0.2, 0) is 14.4 Å². The largest absolute Gasteiger partial charge is 0.481 e. The summed E-state index contributed by atoms with van der Waals surface area (Å²) in [4.78, 5) is 50.3. The lowest BCUT2D eigenvalue weighted by Gasteiger charge is -2.31. The van der Waals surface area contributed by atoms with Gasteiger partial charge >= 0.3 is 5.97 Å². The number of piperidine rings is 1. The van der Waals surface area contributed by atoms with Gasteiger partial charge in [0.2, 0.25) is 11.8 Å². The zero-order valence-corrected chi connectivity index (χ0v) is 14.8. The molecule has 0 unspecified atom stereocenters. The fraction of sp³-hybridized carbons (Fsp3) is 0.500. The van der Waals surface area contributed by atoms with Crippen LogP contribution in [0, 0.1) is 5.92 Å². The number of carboxylic acid groups (broad SMARTS) is 1. The zero-order valence-electron chi connectivity index (χ0n) is 13.9. The second-order valence-corrected chi connectivity index (χ2v) is 6.85. The molecular formula is C16H21N3O5S. The van der Waals surface area contributed by atoms with E-state index in [9.17, 15) is 19.2 Å². The van der Waals surface area contributed by atoms with E-state index in [0.717, 1.165) is 0 Å². The maximum Gasteiger partial charge on any atom is 0.306 e. The van der Waals surface area contributed by atoms with Gasteiger partial charge in [-0.3, -0.25) is 19.2 Å². The maximum atomic E-state index is 12.2. The Morgan fingerprint density at radius 1 is 1.32 bits per heavy atom. The summed E-state index contributed by atoms with van der Waals surface area (Å²) in [5.41, 5.74) is 0. The molecule has 0 bridgehead atoms. The molecule has 0 atom stereocenters. The van der Waals surface area contributed by atoms with Crippen LogP contribution >= 0.6 is 11.3 Å². The number of carboxylic acids is 1. The number of thiophene rings is 1. The topological polar surface area (TPSA) is 107 Å². The lowest BCUT2D eigenvalue weighted by atomic mass is 9.97. The predicted octanol–water partition coefficient (Wildman–Crippen LogP) is 0.260. The first-order valence-electron chi connectivity index (χ1n) is 7.94. The summed E-state index contributed by atoms with van der Waals surface area (Å²) in [6, 6.07) is 3.41. The van der Waals surface area contributed by atoms with Crippen molar-refractivity contribution >= 4 is 35.0 Å². The van der Waals surface area contributed by atoms with Gasteiger partial charge in [0.15, 0.2) is 0 Å². The fourth-order valence-corrected chi connectivity index (χ4v) is 3.19. The number of likely N-dealkylation sites (N-methyl/N-ethyl adjacent to an activating group) is 1. The molecule has 1 aromatic rings. The minimum absolute atomic E-state index is 0.0918. The Bertz CT molecular complexity index is 638. The Morgan fingerprint density at radius 2 is 2.00 bits per heavy atom. The highest BCUT2D eigenvalue weighted by Crippen LogP contribution is 2.17. The highest BCUT2D eigenvalue weighted by molar-refractivity contribution is 7.12. The van der Waals surface area contributed by atoms with Crippen molar-refractivity contribution < 1.29 is 24.3 Å².